The summed E-state index contributed by atoms with van der Waals surface area (Å²) in [6, 6.07) is 4.84. The van der Waals surface area contributed by atoms with Crippen LogP contribution in [0.25, 0.3) is 0 Å². The van der Waals surface area contributed by atoms with E-state index in [4.69, 9.17) is 28.9 Å². The van der Waals surface area contributed by atoms with E-state index in [0.29, 0.717) is 10.6 Å². The molecule has 0 fully saturated rings. The highest BCUT2D eigenvalue weighted by Crippen LogP contribution is 2.31. The Morgan fingerprint density at radius 1 is 1.50 bits per heavy atom. The second kappa shape index (κ2) is 5.39. The zero-order valence-electron chi connectivity index (χ0n) is 8.48. The maximum atomic E-state index is 10.5. The minimum atomic E-state index is -1.07. The van der Waals surface area contributed by atoms with Crippen molar-refractivity contribution < 1.29 is 14.6 Å². The SMILES string of the molecule is C[C@H](OC(N)=O)[C@@H](O)c1cccc(Cl)c1Cl. The number of aliphatic hydroxyl groups excluding tert-OH is 1. The second-order valence-corrected chi connectivity index (χ2v) is 4.02. The van der Waals surface area contributed by atoms with Gasteiger partial charge in [0.15, 0.2) is 0 Å². The van der Waals surface area contributed by atoms with Crippen molar-refractivity contribution in [3.05, 3.63) is 33.8 Å². The van der Waals surface area contributed by atoms with Gasteiger partial charge in [0.1, 0.15) is 12.2 Å². The Labute approximate surface area is 103 Å². The number of halogens is 2. The van der Waals surface area contributed by atoms with Crippen molar-refractivity contribution in [3.8, 4) is 0 Å². The molecule has 0 aliphatic rings. The highest BCUT2D eigenvalue weighted by Gasteiger charge is 2.22. The highest BCUT2D eigenvalue weighted by atomic mass is 35.5. The van der Waals surface area contributed by atoms with E-state index in [2.05, 4.69) is 4.74 Å². The van der Waals surface area contributed by atoms with Gasteiger partial charge in [-0.3, -0.25) is 0 Å². The van der Waals surface area contributed by atoms with Gasteiger partial charge >= 0.3 is 6.09 Å². The first-order chi connectivity index (χ1) is 7.43. The normalized spacial score (nSPS) is 14.2. The fraction of sp³-hybridized carbons (Fsp3) is 0.300. The number of ether oxygens (including phenoxy) is 1. The van der Waals surface area contributed by atoms with Gasteiger partial charge in [-0.15, -0.1) is 0 Å². The molecule has 0 spiro atoms. The molecule has 0 unspecified atom stereocenters. The first-order valence-corrected chi connectivity index (χ1v) is 5.27. The van der Waals surface area contributed by atoms with Crippen molar-refractivity contribution in [2.75, 3.05) is 0 Å². The minimum absolute atomic E-state index is 0.233. The topological polar surface area (TPSA) is 72.5 Å². The quantitative estimate of drug-likeness (QED) is 0.880. The van der Waals surface area contributed by atoms with E-state index < -0.39 is 18.3 Å². The van der Waals surface area contributed by atoms with Crippen molar-refractivity contribution in [2.45, 2.75) is 19.1 Å². The zero-order valence-corrected chi connectivity index (χ0v) is 10.00. The van der Waals surface area contributed by atoms with Crippen LogP contribution in [0.5, 0.6) is 0 Å². The fourth-order valence-corrected chi connectivity index (χ4v) is 1.67. The Hall–Kier alpha value is -0.970. The summed E-state index contributed by atoms with van der Waals surface area (Å²) in [6.07, 6.45) is -2.82. The number of amides is 1. The molecule has 6 heteroatoms. The number of aliphatic hydroxyl groups is 1. The smallest absolute Gasteiger partial charge is 0.404 e. The van der Waals surface area contributed by atoms with Crippen molar-refractivity contribution in [2.24, 2.45) is 5.73 Å². The molecule has 88 valence electrons. The molecule has 1 amide bonds. The fourth-order valence-electron chi connectivity index (χ4n) is 1.25. The van der Waals surface area contributed by atoms with Gasteiger partial charge in [-0.05, 0) is 13.0 Å². The summed E-state index contributed by atoms with van der Waals surface area (Å²) in [5.74, 6) is 0. The van der Waals surface area contributed by atoms with E-state index in [-0.39, 0.29) is 5.02 Å². The lowest BCUT2D eigenvalue weighted by molar-refractivity contribution is 0.0158. The van der Waals surface area contributed by atoms with Crippen LogP contribution in [0, 0.1) is 0 Å². The first kappa shape index (κ1) is 13.1. The predicted octanol–water partition coefficient (Wildman–Crippen LogP) is 2.51. The van der Waals surface area contributed by atoms with E-state index in [9.17, 15) is 9.90 Å². The number of benzene rings is 1. The molecule has 0 radical (unpaired) electrons. The molecule has 2 atom stereocenters. The summed E-state index contributed by atoms with van der Waals surface area (Å²) < 4.78 is 4.65. The van der Waals surface area contributed by atoms with Crippen molar-refractivity contribution >= 4 is 29.3 Å². The highest BCUT2D eigenvalue weighted by molar-refractivity contribution is 6.42. The molecule has 0 saturated carbocycles. The Kier molecular flexibility index (Phi) is 4.41. The maximum Gasteiger partial charge on any atom is 0.404 e. The number of carbonyl (C=O) groups excluding carboxylic acids is 1. The van der Waals surface area contributed by atoms with Gasteiger partial charge in [0.25, 0.3) is 0 Å². The van der Waals surface area contributed by atoms with Crippen LogP contribution < -0.4 is 5.73 Å². The third-order valence-electron chi connectivity index (χ3n) is 2.05. The van der Waals surface area contributed by atoms with Crippen LogP contribution in [0.1, 0.15) is 18.6 Å². The van der Waals surface area contributed by atoms with Crippen molar-refractivity contribution in [1.82, 2.24) is 0 Å². The lowest BCUT2D eigenvalue weighted by Crippen LogP contribution is -2.26. The monoisotopic (exact) mass is 263 g/mol. The average Bonchev–Trinajstić information content (AvgIpc) is 2.20. The summed E-state index contributed by atoms with van der Waals surface area (Å²) >= 11 is 11.7. The summed E-state index contributed by atoms with van der Waals surface area (Å²) in [7, 11) is 0. The number of rotatable bonds is 3. The Bertz CT molecular complexity index is 398. The number of nitrogens with two attached hydrogens (primary N) is 1. The van der Waals surface area contributed by atoms with Gasteiger partial charge in [0, 0.05) is 5.56 Å². The summed E-state index contributed by atoms with van der Waals surface area (Å²) in [5, 5.41) is 10.4. The van der Waals surface area contributed by atoms with Crippen LogP contribution in [0.3, 0.4) is 0 Å². The van der Waals surface area contributed by atoms with Gasteiger partial charge < -0.3 is 15.6 Å². The Morgan fingerprint density at radius 2 is 2.12 bits per heavy atom. The minimum Gasteiger partial charge on any atom is -0.444 e. The third kappa shape index (κ3) is 3.01. The molecule has 16 heavy (non-hydrogen) atoms. The molecular weight excluding hydrogens is 253 g/mol. The molecule has 1 aromatic carbocycles. The molecule has 1 rings (SSSR count). The number of carbonyl (C=O) groups is 1. The van der Waals surface area contributed by atoms with Crippen LogP contribution in [-0.4, -0.2) is 17.3 Å². The summed E-state index contributed by atoms with van der Waals surface area (Å²) in [6.45, 7) is 1.51. The van der Waals surface area contributed by atoms with E-state index in [1.54, 1.807) is 18.2 Å². The Balaban J connectivity index is 2.91. The zero-order chi connectivity index (χ0) is 12.3. The second-order valence-electron chi connectivity index (χ2n) is 3.23. The molecule has 1 aromatic rings. The van der Waals surface area contributed by atoms with E-state index in [1.165, 1.54) is 6.92 Å². The number of primary amides is 1. The van der Waals surface area contributed by atoms with E-state index >= 15 is 0 Å². The van der Waals surface area contributed by atoms with E-state index in [1.807, 2.05) is 0 Å². The molecule has 0 aromatic heterocycles. The van der Waals surface area contributed by atoms with Gasteiger partial charge in [-0.25, -0.2) is 4.79 Å². The first-order valence-electron chi connectivity index (χ1n) is 4.51. The van der Waals surface area contributed by atoms with Crippen LogP contribution in [0.2, 0.25) is 10.0 Å². The standard InChI is InChI=1S/C10H11Cl2NO3/c1-5(16-10(13)15)9(14)6-3-2-4-7(11)8(6)12/h2-5,9,14H,1H3,(H2,13,15)/t5-,9+/m0/s1. The number of hydrogen-bond donors (Lipinski definition) is 2. The van der Waals surface area contributed by atoms with E-state index in [0.717, 1.165) is 0 Å². The van der Waals surface area contributed by atoms with Crippen LogP contribution >= 0.6 is 23.2 Å². The molecule has 3 N–H and O–H groups in total. The van der Waals surface area contributed by atoms with Crippen LogP contribution in [0.4, 0.5) is 4.79 Å². The molecule has 0 saturated heterocycles. The number of hydrogen-bond acceptors (Lipinski definition) is 3. The lowest BCUT2D eigenvalue weighted by Gasteiger charge is -2.19. The molecular formula is C10H11Cl2NO3. The Morgan fingerprint density at radius 3 is 2.69 bits per heavy atom. The van der Waals surface area contributed by atoms with Gasteiger partial charge in [0.05, 0.1) is 10.0 Å². The largest absolute Gasteiger partial charge is 0.444 e. The third-order valence-corrected chi connectivity index (χ3v) is 2.88. The van der Waals surface area contributed by atoms with Gasteiger partial charge in [-0.2, -0.15) is 0 Å². The average molecular weight is 264 g/mol. The lowest BCUT2D eigenvalue weighted by atomic mass is 10.1. The molecule has 0 aliphatic heterocycles. The molecule has 0 heterocycles. The summed E-state index contributed by atoms with van der Waals surface area (Å²) in [5.41, 5.74) is 5.24. The summed E-state index contributed by atoms with van der Waals surface area (Å²) in [4.78, 5) is 10.5. The molecule has 0 bridgehead atoms. The maximum absolute atomic E-state index is 10.5. The van der Waals surface area contributed by atoms with Crippen molar-refractivity contribution in [3.63, 3.8) is 0 Å². The molecule has 0 aliphatic carbocycles. The van der Waals surface area contributed by atoms with Crippen molar-refractivity contribution in [1.29, 1.82) is 0 Å². The van der Waals surface area contributed by atoms with Gasteiger partial charge in [0.2, 0.25) is 0 Å². The van der Waals surface area contributed by atoms with Crippen LogP contribution in [-0.2, 0) is 4.74 Å². The molecule has 4 nitrogen and oxygen atoms in total. The van der Waals surface area contributed by atoms with Gasteiger partial charge in [-0.1, -0.05) is 35.3 Å². The predicted molar refractivity (Wildman–Crippen MR) is 61.6 cm³/mol. The van der Waals surface area contributed by atoms with Crippen LogP contribution in [0.15, 0.2) is 18.2 Å².